The van der Waals surface area contributed by atoms with Crippen LogP contribution < -0.4 is 17.0 Å². The summed E-state index contributed by atoms with van der Waals surface area (Å²) in [7, 11) is 6.83. The van der Waals surface area contributed by atoms with Gasteiger partial charge in [-0.3, -0.25) is 0 Å². The molecule has 0 unspecified atom stereocenters. The van der Waals surface area contributed by atoms with E-state index in [9.17, 15) is 0 Å². The lowest BCUT2D eigenvalue weighted by Crippen LogP contribution is -3.00. The summed E-state index contributed by atoms with van der Waals surface area (Å²) in [4.78, 5) is 0. The van der Waals surface area contributed by atoms with Crippen LogP contribution in [-0.4, -0.2) is 37.9 Å². The molecule has 0 fully saturated rings. The first-order valence-corrected chi connectivity index (χ1v) is 7.11. The van der Waals surface area contributed by atoms with Crippen LogP contribution in [-0.2, 0) is 0 Å². The molecule has 0 saturated heterocycles. The van der Waals surface area contributed by atoms with Gasteiger partial charge >= 0.3 is 0 Å². The Labute approximate surface area is 119 Å². The van der Waals surface area contributed by atoms with E-state index >= 15 is 0 Å². The smallest absolute Gasteiger partial charge is 0.0780 e. The van der Waals surface area contributed by atoms with Crippen molar-refractivity contribution in [3.63, 3.8) is 0 Å². The summed E-state index contributed by atoms with van der Waals surface area (Å²) in [6, 6.07) is 0. The summed E-state index contributed by atoms with van der Waals surface area (Å²) in [5, 5.41) is 0. The van der Waals surface area contributed by atoms with Crippen molar-refractivity contribution in [2.75, 3.05) is 33.4 Å². The molecule has 1 nitrogen and oxygen atoms in total. The van der Waals surface area contributed by atoms with Crippen LogP contribution in [0.25, 0.3) is 0 Å². The molecule has 0 aromatic carbocycles. The highest BCUT2D eigenvalue weighted by Crippen LogP contribution is 2.09. The van der Waals surface area contributed by atoms with Crippen molar-refractivity contribution in [2.24, 2.45) is 0 Å². The molecule has 0 aliphatic rings. The van der Waals surface area contributed by atoms with Gasteiger partial charge in [-0.2, -0.15) is 12.6 Å². The van der Waals surface area contributed by atoms with E-state index in [-0.39, 0.29) is 17.0 Å². The number of hydrogen-bond acceptors (Lipinski definition) is 1. The lowest BCUT2D eigenvalue weighted by Gasteiger charge is -2.23. The molecular formula is C13H30BrNS. The maximum Gasteiger partial charge on any atom is 0.0780 e. The molecule has 0 aliphatic carbocycles. The van der Waals surface area contributed by atoms with Gasteiger partial charge in [0.1, 0.15) is 0 Å². The summed E-state index contributed by atoms with van der Waals surface area (Å²) in [6.07, 6.45) is 11.2. The standard InChI is InChI=1S/C13H29NS.BrH/c1-14(2,3)12-10-8-6-4-5-7-9-11-13-15;/h4-13H2,1-3H3;1H. The van der Waals surface area contributed by atoms with Crippen LogP contribution in [0.1, 0.15) is 51.4 Å². The number of unbranched alkanes of at least 4 members (excludes halogenated alkanes) is 7. The maximum absolute atomic E-state index is 4.22. The van der Waals surface area contributed by atoms with Crippen LogP contribution in [0.4, 0.5) is 0 Å². The molecule has 0 aromatic heterocycles. The molecule has 0 spiro atoms. The van der Waals surface area contributed by atoms with Crippen molar-refractivity contribution in [2.45, 2.75) is 51.4 Å². The fraction of sp³-hybridized carbons (Fsp3) is 1.00. The fourth-order valence-electron chi connectivity index (χ4n) is 1.76. The van der Waals surface area contributed by atoms with E-state index in [1.54, 1.807) is 0 Å². The largest absolute Gasteiger partial charge is 1.00 e. The topological polar surface area (TPSA) is 0 Å². The number of halogens is 1. The van der Waals surface area contributed by atoms with Gasteiger partial charge in [0.05, 0.1) is 27.7 Å². The highest BCUT2D eigenvalue weighted by Gasteiger charge is 2.04. The van der Waals surface area contributed by atoms with E-state index in [0.717, 1.165) is 10.2 Å². The maximum atomic E-state index is 4.22. The number of nitrogens with zero attached hydrogens (tertiary/aromatic N) is 1. The number of hydrogen-bond donors (Lipinski definition) is 1. The molecule has 0 saturated carbocycles. The zero-order chi connectivity index (χ0) is 11.6. The van der Waals surface area contributed by atoms with Gasteiger partial charge in [0.15, 0.2) is 0 Å². The van der Waals surface area contributed by atoms with Gasteiger partial charge in [0.25, 0.3) is 0 Å². The highest BCUT2D eigenvalue weighted by atomic mass is 79.9. The second kappa shape index (κ2) is 12.3. The molecule has 100 valence electrons. The monoisotopic (exact) mass is 311 g/mol. The molecule has 0 bridgehead atoms. The molecule has 16 heavy (non-hydrogen) atoms. The van der Waals surface area contributed by atoms with Gasteiger partial charge in [0, 0.05) is 0 Å². The predicted octanol–water partition coefficient (Wildman–Crippen LogP) is 0.747. The van der Waals surface area contributed by atoms with Gasteiger partial charge in [0.2, 0.25) is 0 Å². The van der Waals surface area contributed by atoms with E-state index in [1.165, 1.54) is 57.9 Å². The Bertz CT molecular complexity index is 134. The lowest BCUT2D eigenvalue weighted by molar-refractivity contribution is -0.870. The van der Waals surface area contributed by atoms with E-state index in [1.807, 2.05) is 0 Å². The van der Waals surface area contributed by atoms with Crippen LogP contribution in [0.3, 0.4) is 0 Å². The summed E-state index contributed by atoms with van der Waals surface area (Å²) in [5.41, 5.74) is 0. The minimum Gasteiger partial charge on any atom is -1.00 e. The van der Waals surface area contributed by atoms with Crippen LogP contribution in [0.5, 0.6) is 0 Å². The Morgan fingerprint density at radius 3 is 1.44 bits per heavy atom. The summed E-state index contributed by atoms with van der Waals surface area (Å²) in [6.45, 7) is 1.32. The fourth-order valence-corrected chi connectivity index (χ4v) is 1.98. The van der Waals surface area contributed by atoms with Crippen LogP contribution in [0.2, 0.25) is 0 Å². The third-order valence-electron chi connectivity index (χ3n) is 2.74. The van der Waals surface area contributed by atoms with Crippen molar-refractivity contribution in [3.8, 4) is 0 Å². The van der Waals surface area contributed by atoms with Gasteiger partial charge < -0.3 is 21.5 Å². The second-order valence-electron chi connectivity index (χ2n) is 5.57. The Balaban J connectivity index is 0. The Morgan fingerprint density at radius 2 is 1.06 bits per heavy atom. The van der Waals surface area contributed by atoms with Gasteiger partial charge in [-0.05, 0) is 25.0 Å². The van der Waals surface area contributed by atoms with E-state index in [4.69, 9.17) is 0 Å². The number of quaternary nitrogens is 1. The first-order valence-electron chi connectivity index (χ1n) is 6.47. The third kappa shape index (κ3) is 17.2. The summed E-state index contributed by atoms with van der Waals surface area (Å²) in [5.74, 6) is 1.06. The minimum atomic E-state index is 0. The Morgan fingerprint density at radius 1 is 0.688 bits per heavy atom. The first kappa shape index (κ1) is 19.1. The summed E-state index contributed by atoms with van der Waals surface area (Å²) >= 11 is 4.22. The van der Waals surface area contributed by atoms with Crippen LogP contribution >= 0.6 is 12.6 Å². The summed E-state index contributed by atoms with van der Waals surface area (Å²) < 4.78 is 1.11. The quantitative estimate of drug-likeness (QED) is 0.343. The normalized spacial score (nSPS) is 11.2. The Kier molecular flexibility index (Phi) is 14.7. The van der Waals surface area contributed by atoms with Gasteiger partial charge in [-0.25, -0.2) is 0 Å². The van der Waals surface area contributed by atoms with Crippen molar-refractivity contribution in [3.05, 3.63) is 0 Å². The zero-order valence-electron chi connectivity index (χ0n) is 11.3. The average molecular weight is 312 g/mol. The van der Waals surface area contributed by atoms with Crippen LogP contribution in [0, 0.1) is 0 Å². The molecule has 0 atom stereocenters. The average Bonchev–Trinajstić information content (AvgIpc) is 2.14. The van der Waals surface area contributed by atoms with E-state index < -0.39 is 0 Å². The molecule has 0 radical (unpaired) electrons. The number of rotatable bonds is 10. The van der Waals surface area contributed by atoms with Crippen LogP contribution in [0.15, 0.2) is 0 Å². The molecule has 0 N–H and O–H groups in total. The molecular weight excluding hydrogens is 282 g/mol. The van der Waals surface area contributed by atoms with E-state index in [0.29, 0.717) is 0 Å². The SMILES string of the molecule is C[N+](C)(C)CCCCCCCCCCS.[Br-]. The van der Waals surface area contributed by atoms with Crippen molar-refractivity contribution < 1.29 is 21.5 Å². The zero-order valence-corrected chi connectivity index (χ0v) is 13.8. The van der Waals surface area contributed by atoms with Crippen molar-refractivity contribution in [1.82, 2.24) is 0 Å². The lowest BCUT2D eigenvalue weighted by atomic mass is 10.1. The Hall–Kier alpha value is 0.790. The molecule has 0 rings (SSSR count). The first-order chi connectivity index (χ1) is 7.06. The van der Waals surface area contributed by atoms with Crippen molar-refractivity contribution >= 4 is 12.6 Å². The predicted molar refractivity (Wildman–Crippen MR) is 73.7 cm³/mol. The molecule has 3 heteroatoms. The van der Waals surface area contributed by atoms with E-state index in [2.05, 4.69) is 33.8 Å². The molecule has 0 aromatic rings. The third-order valence-corrected chi connectivity index (χ3v) is 3.05. The second-order valence-corrected chi connectivity index (χ2v) is 6.01. The molecule has 0 amide bonds. The molecule has 0 heterocycles. The van der Waals surface area contributed by atoms with Gasteiger partial charge in [-0.1, -0.05) is 32.1 Å². The van der Waals surface area contributed by atoms with Crippen molar-refractivity contribution in [1.29, 1.82) is 0 Å². The van der Waals surface area contributed by atoms with Gasteiger partial charge in [-0.15, -0.1) is 0 Å². The molecule has 0 aliphatic heterocycles. The number of thiol groups is 1. The minimum absolute atomic E-state index is 0. The highest BCUT2D eigenvalue weighted by molar-refractivity contribution is 7.80.